The van der Waals surface area contributed by atoms with Gasteiger partial charge in [-0.05, 0) is 37.6 Å². The zero-order valence-electron chi connectivity index (χ0n) is 16.8. The van der Waals surface area contributed by atoms with E-state index in [9.17, 15) is 19.7 Å². The smallest absolute Gasteiger partial charge is 0.296 e. The van der Waals surface area contributed by atoms with Crippen molar-refractivity contribution in [3.05, 3.63) is 58.1 Å². The molecule has 0 aliphatic carbocycles. The summed E-state index contributed by atoms with van der Waals surface area (Å²) < 4.78 is 10.4. The number of anilines is 1. The Hall–Kier alpha value is -3.95. The van der Waals surface area contributed by atoms with E-state index in [1.807, 2.05) is 19.1 Å². The predicted octanol–water partition coefficient (Wildman–Crippen LogP) is 2.81. The number of nitrogens with one attached hydrogen (secondary N) is 2. The number of hydrazone groups is 1. The van der Waals surface area contributed by atoms with Gasteiger partial charge in [-0.15, -0.1) is 0 Å². The van der Waals surface area contributed by atoms with Gasteiger partial charge in [-0.25, -0.2) is 5.43 Å². The number of carbonyl (C=O) groups is 2. The molecular formula is C20H22N4O6. The molecule has 0 heterocycles. The van der Waals surface area contributed by atoms with Gasteiger partial charge in [0.05, 0.1) is 24.5 Å². The molecule has 0 fully saturated rings. The number of nitro benzene ring substituents is 1. The van der Waals surface area contributed by atoms with Gasteiger partial charge in [-0.2, -0.15) is 5.10 Å². The number of methoxy groups -OCH3 is 1. The van der Waals surface area contributed by atoms with Crippen LogP contribution >= 0.6 is 0 Å². The van der Waals surface area contributed by atoms with Crippen LogP contribution < -0.4 is 20.2 Å². The highest BCUT2D eigenvalue weighted by Gasteiger charge is 2.17. The molecular weight excluding hydrogens is 392 g/mol. The lowest BCUT2D eigenvalue weighted by Gasteiger charge is -2.09. The highest BCUT2D eigenvalue weighted by molar-refractivity contribution is 6.06. The predicted molar refractivity (Wildman–Crippen MR) is 111 cm³/mol. The summed E-state index contributed by atoms with van der Waals surface area (Å²) in [4.78, 5) is 34.6. The Labute approximate surface area is 173 Å². The maximum absolute atomic E-state index is 12.2. The molecule has 2 aromatic rings. The van der Waals surface area contributed by atoms with Crippen LogP contribution in [0.5, 0.6) is 11.5 Å². The van der Waals surface area contributed by atoms with E-state index >= 15 is 0 Å². The lowest BCUT2D eigenvalue weighted by molar-refractivity contribution is -0.384. The zero-order chi connectivity index (χ0) is 22.1. The Morgan fingerprint density at radius 2 is 1.90 bits per heavy atom. The van der Waals surface area contributed by atoms with Crippen LogP contribution in [0, 0.1) is 17.0 Å². The van der Waals surface area contributed by atoms with Crippen LogP contribution in [0.25, 0.3) is 0 Å². The molecule has 0 saturated carbocycles. The van der Waals surface area contributed by atoms with E-state index < -0.39 is 16.7 Å². The number of ether oxygens (including phenoxy) is 2. The summed E-state index contributed by atoms with van der Waals surface area (Å²) >= 11 is 0. The number of rotatable bonds is 9. The third-order valence-electron chi connectivity index (χ3n) is 3.92. The van der Waals surface area contributed by atoms with Crippen LogP contribution in [0.2, 0.25) is 0 Å². The topological polar surface area (TPSA) is 132 Å². The SMILES string of the molecule is COc1ccc(NC(=O)C/C(C)=N\NC(=O)COc2ccccc2C)c([N+](=O)[O-])c1. The van der Waals surface area contributed by atoms with Crippen molar-refractivity contribution in [3.8, 4) is 11.5 Å². The number of carbonyl (C=O) groups excluding carboxylic acids is 2. The Morgan fingerprint density at radius 3 is 2.57 bits per heavy atom. The van der Waals surface area contributed by atoms with Gasteiger partial charge in [0.1, 0.15) is 17.2 Å². The summed E-state index contributed by atoms with van der Waals surface area (Å²) in [6.07, 6.45) is -0.165. The molecule has 0 aliphatic rings. The van der Waals surface area contributed by atoms with E-state index in [4.69, 9.17) is 9.47 Å². The molecule has 0 bridgehead atoms. The van der Waals surface area contributed by atoms with Crippen LogP contribution in [0.1, 0.15) is 18.9 Å². The summed E-state index contributed by atoms with van der Waals surface area (Å²) in [6, 6.07) is 11.4. The first-order chi connectivity index (χ1) is 14.3. The molecule has 158 valence electrons. The van der Waals surface area contributed by atoms with Crippen molar-refractivity contribution in [3.63, 3.8) is 0 Å². The molecule has 0 saturated heterocycles. The monoisotopic (exact) mass is 414 g/mol. The van der Waals surface area contributed by atoms with Crippen molar-refractivity contribution in [2.45, 2.75) is 20.3 Å². The van der Waals surface area contributed by atoms with Gasteiger partial charge in [0, 0.05) is 5.71 Å². The van der Waals surface area contributed by atoms with Crippen molar-refractivity contribution in [1.29, 1.82) is 0 Å². The van der Waals surface area contributed by atoms with E-state index in [-0.39, 0.29) is 24.4 Å². The molecule has 2 aromatic carbocycles. The van der Waals surface area contributed by atoms with Crippen molar-refractivity contribution >= 4 is 28.9 Å². The molecule has 0 aromatic heterocycles. The van der Waals surface area contributed by atoms with Gasteiger partial charge in [0.15, 0.2) is 6.61 Å². The second kappa shape index (κ2) is 10.6. The minimum atomic E-state index is -0.617. The maximum Gasteiger partial charge on any atom is 0.296 e. The summed E-state index contributed by atoms with van der Waals surface area (Å²) in [5.41, 5.74) is 3.26. The fourth-order valence-electron chi connectivity index (χ4n) is 2.41. The van der Waals surface area contributed by atoms with Gasteiger partial charge < -0.3 is 14.8 Å². The fraction of sp³-hybridized carbons (Fsp3) is 0.250. The van der Waals surface area contributed by atoms with Gasteiger partial charge >= 0.3 is 0 Å². The molecule has 2 N–H and O–H groups in total. The molecule has 30 heavy (non-hydrogen) atoms. The second-order valence-electron chi connectivity index (χ2n) is 6.30. The number of nitrogens with zero attached hydrogens (tertiary/aromatic N) is 2. The third kappa shape index (κ3) is 6.59. The average Bonchev–Trinajstić information content (AvgIpc) is 2.71. The molecule has 2 rings (SSSR count). The lowest BCUT2D eigenvalue weighted by Crippen LogP contribution is -2.26. The van der Waals surface area contributed by atoms with E-state index in [2.05, 4.69) is 15.8 Å². The Kier molecular flexibility index (Phi) is 7.86. The molecule has 10 heteroatoms. The summed E-state index contributed by atoms with van der Waals surface area (Å²) in [5, 5.41) is 17.5. The van der Waals surface area contributed by atoms with Gasteiger partial charge in [-0.1, -0.05) is 18.2 Å². The number of nitro groups is 1. The number of aryl methyl sites for hydroxylation is 1. The molecule has 10 nitrogen and oxygen atoms in total. The van der Waals surface area contributed by atoms with Crippen LogP contribution in [-0.2, 0) is 9.59 Å². The molecule has 0 unspecified atom stereocenters. The van der Waals surface area contributed by atoms with E-state index in [1.54, 1.807) is 19.1 Å². The Bertz CT molecular complexity index is 974. The minimum Gasteiger partial charge on any atom is -0.496 e. The summed E-state index contributed by atoms with van der Waals surface area (Å²) in [6.45, 7) is 3.18. The standard InChI is InChI=1S/C20H22N4O6/c1-13-6-4-5-7-18(13)30-12-20(26)23-22-14(2)10-19(25)21-16-9-8-15(29-3)11-17(16)24(27)28/h4-9,11H,10,12H2,1-3H3,(H,21,25)(H,23,26)/b22-14-. The quantitative estimate of drug-likeness (QED) is 0.368. The third-order valence-corrected chi connectivity index (χ3v) is 3.92. The number of hydrogen-bond acceptors (Lipinski definition) is 7. The van der Waals surface area contributed by atoms with Crippen LogP contribution in [0.15, 0.2) is 47.6 Å². The molecule has 0 atom stereocenters. The zero-order valence-corrected chi connectivity index (χ0v) is 16.8. The molecule has 0 spiro atoms. The van der Waals surface area contributed by atoms with Crippen molar-refractivity contribution in [2.24, 2.45) is 5.10 Å². The number of benzene rings is 2. The van der Waals surface area contributed by atoms with E-state index in [0.717, 1.165) is 5.56 Å². The Balaban J connectivity index is 1.88. The first-order valence-electron chi connectivity index (χ1n) is 8.93. The number of hydrogen-bond donors (Lipinski definition) is 2. The summed E-state index contributed by atoms with van der Waals surface area (Å²) in [7, 11) is 1.39. The maximum atomic E-state index is 12.2. The first kappa shape index (κ1) is 22.3. The molecule has 2 amide bonds. The first-order valence-corrected chi connectivity index (χ1v) is 8.93. The minimum absolute atomic E-state index is 0.0364. The highest BCUT2D eigenvalue weighted by atomic mass is 16.6. The van der Waals surface area contributed by atoms with Crippen LogP contribution in [-0.4, -0.2) is 36.2 Å². The summed E-state index contributed by atoms with van der Waals surface area (Å²) in [5.74, 6) is -0.111. The lowest BCUT2D eigenvalue weighted by atomic mass is 10.2. The average molecular weight is 414 g/mol. The highest BCUT2D eigenvalue weighted by Crippen LogP contribution is 2.29. The van der Waals surface area contributed by atoms with Crippen molar-refractivity contribution < 1.29 is 24.0 Å². The second-order valence-corrected chi connectivity index (χ2v) is 6.30. The number of amides is 2. The van der Waals surface area contributed by atoms with Crippen molar-refractivity contribution in [1.82, 2.24) is 5.43 Å². The Morgan fingerprint density at radius 1 is 1.17 bits per heavy atom. The fourth-order valence-corrected chi connectivity index (χ4v) is 2.41. The van der Waals surface area contributed by atoms with Crippen molar-refractivity contribution in [2.75, 3.05) is 19.0 Å². The largest absolute Gasteiger partial charge is 0.496 e. The van der Waals surface area contributed by atoms with Crippen LogP contribution in [0.4, 0.5) is 11.4 Å². The van der Waals surface area contributed by atoms with E-state index in [0.29, 0.717) is 17.2 Å². The van der Waals surface area contributed by atoms with E-state index in [1.165, 1.54) is 25.3 Å². The van der Waals surface area contributed by atoms with Gasteiger partial charge in [0.2, 0.25) is 5.91 Å². The van der Waals surface area contributed by atoms with Crippen LogP contribution in [0.3, 0.4) is 0 Å². The number of para-hydroxylation sites is 1. The van der Waals surface area contributed by atoms with Gasteiger partial charge in [-0.3, -0.25) is 19.7 Å². The van der Waals surface area contributed by atoms with Gasteiger partial charge in [0.25, 0.3) is 11.6 Å². The normalized spacial score (nSPS) is 10.8. The molecule has 0 radical (unpaired) electrons. The molecule has 0 aliphatic heterocycles.